The molecule has 1 nitrogen and oxygen atoms in total. The SMILES string of the molecule is c1cc(-c2cccc(-c3cc4ccccc4c(-c4ccc(-c5cccc6ccccc56)cc4)n3)c2)cc(-c2ccc3c4ccccc4c4ccccc4c3c2)c1. The molecular formula is C55H35N. The third-order valence-corrected chi connectivity index (χ3v) is 11.4. The van der Waals surface area contributed by atoms with E-state index in [1.165, 1.54) is 76.3 Å². The molecule has 0 aliphatic carbocycles. The molecule has 11 aromatic rings. The molecule has 1 heteroatoms. The predicted octanol–water partition coefficient (Wildman–Crippen LogP) is 15.2. The monoisotopic (exact) mass is 709 g/mol. The van der Waals surface area contributed by atoms with E-state index in [2.05, 4.69) is 212 Å². The molecule has 1 heterocycles. The Kier molecular flexibility index (Phi) is 7.57. The van der Waals surface area contributed by atoms with E-state index in [9.17, 15) is 0 Å². The highest BCUT2D eigenvalue weighted by molar-refractivity contribution is 6.25. The Morgan fingerprint density at radius 1 is 0.232 bits per heavy atom. The molecule has 56 heavy (non-hydrogen) atoms. The molecule has 260 valence electrons. The van der Waals surface area contributed by atoms with Gasteiger partial charge in [-0.2, -0.15) is 0 Å². The molecule has 0 bridgehead atoms. The van der Waals surface area contributed by atoms with Crippen LogP contribution in [0.3, 0.4) is 0 Å². The summed E-state index contributed by atoms with van der Waals surface area (Å²) in [5, 5.41) is 12.6. The van der Waals surface area contributed by atoms with Crippen molar-refractivity contribution < 1.29 is 0 Å². The van der Waals surface area contributed by atoms with Crippen molar-refractivity contribution in [3.8, 4) is 55.9 Å². The van der Waals surface area contributed by atoms with Crippen LogP contribution >= 0.6 is 0 Å². The van der Waals surface area contributed by atoms with Gasteiger partial charge >= 0.3 is 0 Å². The van der Waals surface area contributed by atoms with E-state index in [4.69, 9.17) is 4.98 Å². The van der Waals surface area contributed by atoms with Gasteiger partial charge in [-0.25, -0.2) is 4.98 Å². The van der Waals surface area contributed by atoms with Crippen LogP contribution in [0, 0.1) is 0 Å². The highest BCUT2D eigenvalue weighted by Gasteiger charge is 2.14. The molecule has 0 radical (unpaired) electrons. The highest BCUT2D eigenvalue weighted by atomic mass is 14.7. The van der Waals surface area contributed by atoms with E-state index < -0.39 is 0 Å². The van der Waals surface area contributed by atoms with Crippen molar-refractivity contribution in [2.75, 3.05) is 0 Å². The summed E-state index contributed by atoms with van der Waals surface area (Å²) in [7, 11) is 0. The van der Waals surface area contributed by atoms with Crippen LogP contribution in [0.5, 0.6) is 0 Å². The number of benzene rings is 10. The fraction of sp³-hybridized carbons (Fsp3) is 0. The topological polar surface area (TPSA) is 12.9 Å². The molecule has 0 atom stereocenters. The van der Waals surface area contributed by atoms with Crippen molar-refractivity contribution in [2.24, 2.45) is 0 Å². The van der Waals surface area contributed by atoms with Crippen LogP contribution in [0.15, 0.2) is 212 Å². The van der Waals surface area contributed by atoms with Crippen molar-refractivity contribution in [1.82, 2.24) is 4.98 Å². The third-order valence-electron chi connectivity index (χ3n) is 11.4. The molecule has 1 aromatic heterocycles. The molecule has 0 spiro atoms. The minimum Gasteiger partial charge on any atom is -0.247 e. The number of hydrogen-bond donors (Lipinski definition) is 0. The molecule has 0 N–H and O–H groups in total. The molecule has 10 aromatic carbocycles. The quantitative estimate of drug-likeness (QED) is 0.162. The van der Waals surface area contributed by atoms with E-state index in [1.807, 2.05) is 0 Å². The Morgan fingerprint density at radius 3 is 1.36 bits per heavy atom. The van der Waals surface area contributed by atoms with E-state index in [1.54, 1.807) is 0 Å². The Balaban J connectivity index is 0.971. The van der Waals surface area contributed by atoms with Gasteiger partial charge in [0.1, 0.15) is 0 Å². The lowest BCUT2D eigenvalue weighted by atomic mass is 9.91. The summed E-state index contributed by atoms with van der Waals surface area (Å²) in [6.45, 7) is 0. The van der Waals surface area contributed by atoms with Gasteiger partial charge in [0.25, 0.3) is 0 Å². The normalized spacial score (nSPS) is 11.6. The van der Waals surface area contributed by atoms with Crippen LogP contribution < -0.4 is 0 Å². The van der Waals surface area contributed by atoms with Gasteiger partial charge in [-0.3, -0.25) is 0 Å². The molecule has 0 aliphatic rings. The Morgan fingerprint density at radius 2 is 0.679 bits per heavy atom. The molecule has 0 amide bonds. The van der Waals surface area contributed by atoms with Crippen LogP contribution in [0.1, 0.15) is 0 Å². The lowest BCUT2D eigenvalue weighted by Gasteiger charge is -2.13. The third kappa shape index (κ3) is 5.44. The summed E-state index contributed by atoms with van der Waals surface area (Å²) >= 11 is 0. The molecule has 0 saturated carbocycles. The zero-order chi connectivity index (χ0) is 37.0. The number of aromatic nitrogens is 1. The average Bonchev–Trinajstić information content (AvgIpc) is 3.28. The molecular weight excluding hydrogens is 675 g/mol. The summed E-state index contributed by atoms with van der Waals surface area (Å²) in [5.41, 5.74) is 11.3. The zero-order valence-corrected chi connectivity index (χ0v) is 30.7. The van der Waals surface area contributed by atoms with Crippen molar-refractivity contribution in [3.05, 3.63) is 212 Å². The molecule has 0 fully saturated rings. The van der Waals surface area contributed by atoms with E-state index in [0.717, 1.165) is 33.5 Å². The van der Waals surface area contributed by atoms with E-state index in [0.29, 0.717) is 0 Å². The molecule has 11 rings (SSSR count). The van der Waals surface area contributed by atoms with Gasteiger partial charge in [-0.1, -0.05) is 188 Å². The first kappa shape index (κ1) is 32.1. The van der Waals surface area contributed by atoms with Gasteiger partial charge in [-0.15, -0.1) is 0 Å². The van der Waals surface area contributed by atoms with Crippen molar-refractivity contribution in [2.45, 2.75) is 0 Å². The average molecular weight is 710 g/mol. The van der Waals surface area contributed by atoms with Gasteiger partial charge in [0, 0.05) is 16.5 Å². The summed E-state index contributed by atoms with van der Waals surface area (Å²) in [6, 6.07) is 77.0. The highest BCUT2D eigenvalue weighted by Crippen LogP contribution is 2.39. The van der Waals surface area contributed by atoms with E-state index in [-0.39, 0.29) is 0 Å². The van der Waals surface area contributed by atoms with Gasteiger partial charge < -0.3 is 0 Å². The van der Waals surface area contributed by atoms with Crippen molar-refractivity contribution in [3.63, 3.8) is 0 Å². The van der Waals surface area contributed by atoms with E-state index >= 15 is 0 Å². The standard InChI is InChI=1S/C55H35N/c1-3-19-45-36(12-1)14-11-25-46(45)37-26-28-38(29-27-37)55-47-20-4-2-13-43(47)35-54(56-55)44-18-10-17-41(33-44)39-15-9-16-40(32-39)42-30-31-52-50-23-6-5-21-48(50)49-22-7-8-24-51(49)53(52)34-42/h1-35H. The molecule has 0 aliphatic heterocycles. The predicted molar refractivity (Wildman–Crippen MR) is 239 cm³/mol. The number of nitrogens with zero attached hydrogens (tertiary/aromatic N) is 1. The van der Waals surface area contributed by atoms with Crippen LogP contribution in [0.25, 0.3) is 110 Å². The van der Waals surface area contributed by atoms with Gasteiger partial charge in [0.15, 0.2) is 0 Å². The Labute approximate surface area is 325 Å². The first-order valence-electron chi connectivity index (χ1n) is 19.3. The van der Waals surface area contributed by atoms with Gasteiger partial charge in [0.05, 0.1) is 11.4 Å². The van der Waals surface area contributed by atoms with Crippen LogP contribution in [0.4, 0.5) is 0 Å². The smallest absolute Gasteiger partial charge is 0.0787 e. The Hall–Kier alpha value is -7.35. The van der Waals surface area contributed by atoms with Gasteiger partial charge in [-0.05, 0) is 106 Å². The minimum atomic E-state index is 0.962. The summed E-state index contributed by atoms with van der Waals surface area (Å²) in [6.07, 6.45) is 0. The lowest BCUT2D eigenvalue weighted by Crippen LogP contribution is -1.92. The van der Waals surface area contributed by atoms with Crippen molar-refractivity contribution >= 4 is 53.9 Å². The number of fused-ring (bicyclic) bond motifs is 8. The summed E-state index contributed by atoms with van der Waals surface area (Å²) in [5.74, 6) is 0. The zero-order valence-electron chi connectivity index (χ0n) is 30.7. The number of rotatable bonds is 5. The first-order chi connectivity index (χ1) is 27.7. The fourth-order valence-corrected chi connectivity index (χ4v) is 8.68. The number of pyridine rings is 1. The van der Waals surface area contributed by atoms with Crippen LogP contribution in [-0.2, 0) is 0 Å². The molecule has 0 unspecified atom stereocenters. The van der Waals surface area contributed by atoms with Crippen LogP contribution in [-0.4, -0.2) is 4.98 Å². The second-order valence-electron chi connectivity index (χ2n) is 14.7. The largest absolute Gasteiger partial charge is 0.247 e. The number of hydrogen-bond acceptors (Lipinski definition) is 1. The van der Waals surface area contributed by atoms with Crippen LogP contribution in [0.2, 0.25) is 0 Å². The molecule has 0 saturated heterocycles. The Bertz CT molecular complexity index is 3260. The second-order valence-corrected chi connectivity index (χ2v) is 14.7. The summed E-state index contributed by atoms with van der Waals surface area (Å²) in [4.78, 5) is 5.37. The van der Waals surface area contributed by atoms with Gasteiger partial charge in [0.2, 0.25) is 0 Å². The maximum absolute atomic E-state index is 5.37. The second kappa shape index (κ2) is 13.2. The maximum Gasteiger partial charge on any atom is 0.0787 e. The minimum absolute atomic E-state index is 0.962. The maximum atomic E-state index is 5.37. The summed E-state index contributed by atoms with van der Waals surface area (Å²) < 4.78 is 0. The van der Waals surface area contributed by atoms with Crippen molar-refractivity contribution in [1.29, 1.82) is 0 Å². The first-order valence-corrected chi connectivity index (χ1v) is 19.3. The fourth-order valence-electron chi connectivity index (χ4n) is 8.68. The lowest BCUT2D eigenvalue weighted by molar-refractivity contribution is 1.35.